The largest absolute Gasteiger partial charge is 0.481 e. The molecular formula is C10H12BrN3O3. The van der Waals surface area contributed by atoms with E-state index in [1.807, 2.05) is 0 Å². The van der Waals surface area contributed by atoms with Gasteiger partial charge in [-0.15, -0.1) is 0 Å². The van der Waals surface area contributed by atoms with Gasteiger partial charge in [0, 0.05) is 23.6 Å². The lowest BCUT2D eigenvalue weighted by atomic mass is 10.3. The van der Waals surface area contributed by atoms with Gasteiger partial charge in [0.2, 0.25) is 0 Å². The predicted molar refractivity (Wildman–Crippen MR) is 65.8 cm³/mol. The van der Waals surface area contributed by atoms with Crippen LogP contribution in [0.25, 0.3) is 0 Å². The summed E-state index contributed by atoms with van der Waals surface area (Å²) in [5, 5.41) is 13.5. The highest BCUT2D eigenvalue weighted by Gasteiger charge is 2.02. The molecule has 0 radical (unpaired) electrons. The molecule has 0 bridgehead atoms. The van der Waals surface area contributed by atoms with E-state index in [-0.39, 0.29) is 12.5 Å². The average molecular weight is 302 g/mol. The van der Waals surface area contributed by atoms with E-state index in [0.29, 0.717) is 18.7 Å². The maximum absolute atomic E-state index is 11.4. The van der Waals surface area contributed by atoms with Crippen LogP contribution in [0.1, 0.15) is 12.8 Å². The molecule has 1 aromatic rings. The summed E-state index contributed by atoms with van der Waals surface area (Å²) < 4.78 is 0.765. The molecule has 0 aliphatic rings. The van der Waals surface area contributed by atoms with Gasteiger partial charge >= 0.3 is 12.0 Å². The predicted octanol–water partition coefficient (Wildman–Crippen LogP) is 1.83. The number of pyridine rings is 1. The van der Waals surface area contributed by atoms with Crippen LogP contribution in [0.2, 0.25) is 0 Å². The van der Waals surface area contributed by atoms with E-state index >= 15 is 0 Å². The number of carboxylic acid groups (broad SMARTS) is 1. The van der Waals surface area contributed by atoms with Crippen molar-refractivity contribution in [2.45, 2.75) is 12.8 Å². The minimum Gasteiger partial charge on any atom is -0.481 e. The van der Waals surface area contributed by atoms with Crippen molar-refractivity contribution in [1.82, 2.24) is 10.3 Å². The molecule has 7 heteroatoms. The number of hydrogen-bond donors (Lipinski definition) is 3. The van der Waals surface area contributed by atoms with Crippen LogP contribution >= 0.6 is 15.9 Å². The third-order valence-electron chi connectivity index (χ3n) is 1.82. The van der Waals surface area contributed by atoms with Crippen molar-refractivity contribution in [2.75, 3.05) is 11.9 Å². The number of carbonyl (C=O) groups is 2. The van der Waals surface area contributed by atoms with Gasteiger partial charge in [0.25, 0.3) is 0 Å². The summed E-state index contributed by atoms with van der Waals surface area (Å²) in [4.78, 5) is 25.5. The first-order valence-corrected chi connectivity index (χ1v) is 5.74. The number of nitrogens with one attached hydrogen (secondary N) is 2. The first-order valence-electron chi connectivity index (χ1n) is 4.95. The van der Waals surface area contributed by atoms with Crippen LogP contribution < -0.4 is 10.6 Å². The summed E-state index contributed by atoms with van der Waals surface area (Å²) in [6, 6.07) is 1.33. The van der Waals surface area contributed by atoms with Crippen molar-refractivity contribution in [2.24, 2.45) is 0 Å². The van der Waals surface area contributed by atoms with Crippen molar-refractivity contribution in [1.29, 1.82) is 0 Å². The molecule has 1 rings (SSSR count). The molecule has 6 nitrogen and oxygen atoms in total. The van der Waals surface area contributed by atoms with E-state index in [0.717, 1.165) is 4.47 Å². The molecule has 0 unspecified atom stereocenters. The van der Waals surface area contributed by atoms with E-state index < -0.39 is 5.97 Å². The Morgan fingerprint density at radius 1 is 1.41 bits per heavy atom. The molecule has 92 valence electrons. The van der Waals surface area contributed by atoms with Crippen LogP contribution in [0, 0.1) is 0 Å². The normalized spacial score (nSPS) is 9.71. The van der Waals surface area contributed by atoms with Crippen molar-refractivity contribution < 1.29 is 14.7 Å². The third-order valence-corrected chi connectivity index (χ3v) is 2.25. The van der Waals surface area contributed by atoms with Gasteiger partial charge in [0.15, 0.2) is 0 Å². The summed E-state index contributed by atoms with van der Waals surface area (Å²) in [5.41, 5.74) is 0.565. The Morgan fingerprint density at radius 2 is 2.18 bits per heavy atom. The molecule has 0 spiro atoms. The molecule has 3 N–H and O–H groups in total. The molecule has 0 saturated heterocycles. The minimum atomic E-state index is -0.872. The zero-order chi connectivity index (χ0) is 12.7. The molecule has 0 aliphatic carbocycles. The van der Waals surface area contributed by atoms with Crippen LogP contribution in [0.4, 0.5) is 10.5 Å². The maximum atomic E-state index is 11.4. The second kappa shape index (κ2) is 6.85. The molecular weight excluding hydrogens is 290 g/mol. The van der Waals surface area contributed by atoms with Crippen LogP contribution in [-0.2, 0) is 4.79 Å². The second-order valence-electron chi connectivity index (χ2n) is 3.27. The SMILES string of the molecule is O=C(O)CCCNC(=O)Nc1cncc(Br)c1. The van der Waals surface area contributed by atoms with Gasteiger partial charge in [-0.25, -0.2) is 4.79 Å². The lowest BCUT2D eigenvalue weighted by Crippen LogP contribution is -2.29. The molecule has 0 saturated carbocycles. The van der Waals surface area contributed by atoms with Gasteiger partial charge in [-0.3, -0.25) is 9.78 Å². The Labute approximate surface area is 107 Å². The Morgan fingerprint density at radius 3 is 2.82 bits per heavy atom. The highest BCUT2D eigenvalue weighted by Crippen LogP contribution is 2.13. The lowest BCUT2D eigenvalue weighted by molar-refractivity contribution is -0.137. The van der Waals surface area contributed by atoms with E-state index in [1.54, 1.807) is 12.3 Å². The Balaban J connectivity index is 2.27. The number of hydrogen-bond acceptors (Lipinski definition) is 3. The zero-order valence-corrected chi connectivity index (χ0v) is 10.5. The molecule has 17 heavy (non-hydrogen) atoms. The monoisotopic (exact) mass is 301 g/mol. The number of halogens is 1. The van der Waals surface area contributed by atoms with E-state index in [2.05, 4.69) is 31.5 Å². The fourth-order valence-corrected chi connectivity index (χ4v) is 1.46. The van der Waals surface area contributed by atoms with Crippen LogP contribution in [0.3, 0.4) is 0 Å². The summed E-state index contributed by atoms with van der Waals surface area (Å²) in [6.07, 6.45) is 3.57. The molecule has 0 fully saturated rings. The highest BCUT2D eigenvalue weighted by atomic mass is 79.9. The standard InChI is InChI=1S/C10H12BrN3O3/c11-7-4-8(6-12-5-7)14-10(17)13-3-1-2-9(15)16/h4-6H,1-3H2,(H,15,16)(H2,13,14,17). The number of anilines is 1. The lowest BCUT2D eigenvalue weighted by Gasteiger charge is -2.06. The van der Waals surface area contributed by atoms with Gasteiger partial charge in [0.05, 0.1) is 11.9 Å². The highest BCUT2D eigenvalue weighted by molar-refractivity contribution is 9.10. The second-order valence-corrected chi connectivity index (χ2v) is 4.19. The third kappa shape index (κ3) is 5.86. The topological polar surface area (TPSA) is 91.3 Å². The van der Waals surface area contributed by atoms with Crippen molar-refractivity contribution >= 4 is 33.6 Å². The van der Waals surface area contributed by atoms with Crippen molar-refractivity contribution in [3.8, 4) is 0 Å². The first kappa shape index (κ1) is 13.4. The van der Waals surface area contributed by atoms with Gasteiger partial charge in [-0.1, -0.05) is 0 Å². The van der Waals surface area contributed by atoms with Crippen molar-refractivity contribution in [3.05, 3.63) is 22.9 Å². The zero-order valence-electron chi connectivity index (χ0n) is 8.94. The molecule has 1 heterocycles. The van der Waals surface area contributed by atoms with Crippen LogP contribution in [0.15, 0.2) is 22.9 Å². The minimum absolute atomic E-state index is 0.0404. The Kier molecular flexibility index (Phi) is 5.41. The quantitative estimate of drug-likeness (QED) is 0.724. The molecule has 0 aliphatic heterocycles. The van der Waals surface area contributed by atoms with E-state index in [1.165, 1.54) is 6.20 Å². The van der Waals surface area contributed by atoms with E-state index in [9.17, 15) is 9.59 Å². The number of urea groups is 1. The number of rotatable bonds is 5. The fraction of sp³-hybridized carbons (Fsp3) is 0.300. The van der Waals surface area contributed by atoms with Crippen LogP contribution in [0.5, 0.6) is 0 Å². The number of aromatic nitrogens is 1. The van der Waals surface area contributed by atoms with Gasteiger partial charge in [0.1, 0.15) is 0 Å². The van der Waals surface area contributed by atoms with Crippen LogP contribution in [-0.4, -0.2) is 28.6 Å². The molecule has 2 amide bonds. The average Bonchev–Trinajstić information content (AvgIpc) is 2.24. The van der Waals surface area contributed by atoms with Gasteiger partial charge in [-0.2, -0.15) is 0 Å². The van der Waals surface area contributed by atoms with Gasteiger partial charge < -0.3 is 15.7 Å². The Bertz CT molecular complexity index is 412. The number of aliphatic carboxylic acids is 1. The summed E-state index contributed by atoms with van der Waals surface area (Å²) in [7, 11) is 0. The summed E-state index contributed by atoms with van der Waals surface area (Å²) in [6.45, 7) is 0.319. The molecule has 1 aromatic heterocycles. The van der Waals surface area contributed by atoms with E-state index in [4.69, 9.17) is 5.11 Å². The van der Waals surface area contributed by atoms with Crippen molar-refractivity contribution in [3.63, 3.8) is 0 Å². The summed E-state index contributed by atoms with van der Waals surface area (Å²) in [5.74, 6) is -0.872. The summed E-state index contributed by atoms with van der Waals surface area (Å²) >= 11 is 3.23. The molecule has 0 aromatic carbocycles. The maximum Gasteiger partial charge on any atom is 0.319 e. The smallest absolute Gasteiger partial charge is 0.319 e. The van der Waals surface area contributed by atoms with Gasteiger partial charge in [-0.05, 0) is 28.4 Å². The number of nitrogens with zero attached hydrogens (tertiary/aromatic N) is 1. The number of carboxylic acids is 1. The fourth-order valence-electron chi connectivity index (χ4n) is 1.10. The molecule has 0 atom stereocenters. The number of carbonyl (C=O) groups excluding carboxylic acids is 1. The number of amides is 2. The first-order chi connectivity index (χ1) is 8.08. The Hall–Kier alpha value is -1.63.